The molecule has 0 atom stereocenters. The van der Waals surface area contributed by atoms with Crippen molar-refractivity contribution in [3.05, 3.63) is 63.4 Å². The third-order valence-corrected chi connectivity index (χ3v) is 4.78. The Morgan fingerprint density at radius 1 is 1.10 bits per heavy atom. The number of fused-ring (bicyclic) bond motifs is 2. The van der Waals surface area contributed by atoms with Gasteiger partial charge in [-0.2, -0.15) is 0 Å². The van der Waals surface area contributed by atoms with Crippen LogP contribution in [0.3, 0.4) is 0 Å². The molecule has 0 unspecified atom stereocenters. The van der Waals surface area contributed by atoms with Crippen molar-refractivity contribution >= 4 is 28.9 Å². The second kappa shape index (κ2) is 7.01. The number of aryl methyl sites for hydroxylation is 1. The van der Waals surface area contributed by atoms with Crippen LogP contribution in [-0.4, -0.2) is 45.4 Å². The van der Waals surface area contributed by atoms with Gasteiger partial charge >= 0.3 is 5.97 Å². The van der Waals surface area contributed by atoms with E-state index in [1.54, 1.807) is 38.1 Å². The van der Waals surface area contributed by atoms with Gasteiger partial charge in [0.05, 0.1) is 17.7 Å². The summed E-state index contributed by atoms with van der Waals surface area (Å²) in [6.07, 6.45) is 1.26. The Bertz CT molecular complexity index is 1190. The summed E-state index contributed by atoms with van der Waals surface area (Å²) >= 11 is 0. The van der Waals surface area contributed by atoms with Crippen molar-refractivity contribution in [3.8, 4) is 0 Å². The Kier molecular flexibility index (Phi) is 4.50. The average molecular weight is 395 g/mol. The highest BCUT2D eigenvalue weighted by atomic mass is 16.5. The number of ether oxygens (including phenoxy) is 1. The van der Waals surface area contributed by atoms with E-state index in [0.717, 1.165) is 4.90 Å². The number of benzene rings is 1. The summed E-state index contributed by atoms with van der Waals surface area (Å²) in [7, 11) is 0. The smallest absolute Gasteiger partial charge is 0.342 e. The van der Waals surface area contributed by atoms with Crippen molar-refractivity contribution in [3.63, 3.8) is 0 Å². The molecule has 0 saturated carbocycles. The highest BCUT2D eigenvalue weighted by Crippen LogP contribution is 2.23. The minimum Gasteiger partial charge on any atom is -0.462 e. The lowest BCUT2D eigenvalue weighted by atomic mass is 10.1. The molecule has 1 aliphatic rings. The summed E-state index contributed by atoms with van der Waals surface area (Å²) in [6, 6.07) is 6.56. The summed E-state index contributed by atoms with van der Waals surface area (Å²) in [5, 5.41) is 0.0193. The maximum atomic E-state index is 12.9. The molecule has 2 amide bonds. The first kappa shape index (κ1) is 18.6. The predicted octanol–water partition coefficient (Wildman–Crippen LogP) is 1.77. The van der Waals surface area contributed by atoms with E-state index in [0.29, 0.717) is 11.1 Å². The van der Waals surface area contributed by atoms with Crippen LogP contribution in [0.1, 0.15) is 43.8 Å². The largest absolute Gasteiger partial charge is 0.462 e. The van der Waals surface area contributed by atoms with E-state index in [1.807, 2.05) is 0 Å². The van der Waals surface area contributed by atoms with Crippen LogP contribution < -0.4 is 5.56 Å². The fraction of sp³-hybridized carbons (Fsp3) is 0.250. The van der Waals surface area contributed by atoms with Gasteiger partial charge in [0.2, 0.25) is 5.71 Å². The molecule has 29 heavy (non-hydrogen) atoms. The van der Waals surface area contributed by atoms with E-state index < -0.39 is 23.3 Å². The Hall–Kier alpha value is -3.75. The van der Waals surface area contributed by atoms with Crippen molar-refractivity contribution in [2.75, 3.05) is 13.2 Å². The summed E-state index contributed by atoms with van der Waals surface area (Å²) < 4.78 is 11.7. The minimum absolute atomic E-state index is 0.00892. The van der Waals surface area contributed by atoms with Crippen molar-refractivity contribution in [2.24, 2.45) is 0 Å². The van der Waals surface area contributed by atoms with Gasteiger partial charge in [-0.15, -0.1) is 0 Å². The van der Waals surface area contributed by atoms with E-state index in [1.165, 1.54) is 10.9 Å². The second-order valence-corrected chi connectivity index (χ2v) is 6.48. The van der Waals surface area contributed by atoms with Crippen LogP contribution >= 0.6 is 0 Å². The number of amides is 2. The van der Waals surface area contributed by atoms with Gasteiger partial charge in [-0.05, 0) is 26.0 Å². The molecule has 1 aromatic carbocycles. The molecule has 0 aliphatic carbocycles. The van der Waals surface area contributed by atoms with Crippen LogP contribution in [0.15, 0.2) is 39.8 Å². The maximum absolute atomic E-state index is 12.9. The molecule has 4 rings (SSSR count). The number of nitrogens with zero attached hydrogens (tertiary/aromatic N) is 3. The number of hydrogen-bond donors (Lipinski definition) is 0. The van der Waals surface area contributed by atoms with Gasteiger partial charge < -0.3 is 9.15 Å². The molecule has 3 heterocycles. The molecular formula is C20H17N3O6. The maximum Gasteiger partial charge on any atom is 0.342 e. The van der Waals surface area contributed by atoms with Gasteiger partial charge in [-0.1, -0.05) is 12.1 Å². The monoisotopic (exact) mass is 395 g/mol. The standard InChI is InChI=1S/C20H17N3O6/c1-3-28-20(27)14-11(2)29-16-15(14)19(26)22(10-21-16)8-9-23-17(24)12-6-4-5-7-13(12)18(23)25/h4-7,10H,3,8-9H2,1-2H3. The van der Waals surface area contributed by atoms with Crippen molar-refractivity contribution in [2.45, 2.75) is 20.4 Å². The molecule has 1 aliphatic heterocycles. The van der Waals surface area contributed by atoms with Gasteiger partial charge in [0, 0.05) is 13.1 Å². The minimum atomic E-state index is -0.666. The van der Waals surface area contributed by atoms with Gasteiger partial charge in [-0.25, -0.2) is 9.78 Å². The van der Waals surface area contributed by atoms with E-state index >= 15 is 0 Å². The first-order chi connectivity index (χ1) is 13.9. The highest BCUT2D eigenvalue weighted by Gasteiger charge is 2.34. The van der Waals surface area contributed by atoms with Crippen LogP contribution in [-0.2, 0) is 11.3 Å². The molecule has 2 aromatic heterocycles. The first-order valence-electron chi connectivity index (χ1n) is 9.05. The molecule has 9 heteroatoms. The topological polar surface area (TPSA) is 112 Å². The SMILES string of the molecule is CCOC(=O)c1c(C)oc2ncn(CCN3C(=O)c4ccccc4C3=O)c(=O)c12. The normalized spacial score (nSPS) is 13.2. The zero-order valence-electron chi connectivity index (χ0n) is 15.8. The van der Waals surface area contributed by atoms with Crippen molar-refractivity contribution in [1.82, 2.24) is 14.5 Å². The third-order valence-electron chi connectivity index (χ3n) is 4.78. The molecule has 0 fully saturated rings. The van der Waals surface area contributed by atoms with Crippen LogP contribution in [0, 0.1) is 6.92 Å². The molecule has 0 spiro atoms. The molecule has 148 valence electrons. The summed E-state index contributed by atoms with van der Waals surface area (Å²) in [5.41, 5.74) is 0.246. The number of hydrogen-bond acceptors (Lipinski definition) is 7. The Labute approximate surface area is 164 Å². The summed E-state index contributed by atoms with van der Waals surface area (Å²) in [6.45, 7) is 3.38. The number of carbonyl (C=O) groups excluding carboxylic acids is 3. The van der Waals surface area contributed by atoms with Gasteiger partial charge in [0.25, 0.3) is 17.4 Å². The van der Waals surface area contributed by atoms with E-state index in [4.69, 9.17) is 9.15 Å². The summed E-state index contributed by atoms with van der Waals surface area (Å²) in [4.78, 5) is 55.3. The van der Waals surface area contributed by atoms with E-state index in [9.17, 15) is 19.2 Å². The second-order valence-electron chi connectivity index (χ2n) is 6.48. The first-order valence-corrected chi connectivity index (χ1v) is 9.05. The molecular weight excluding hydrogens is 378 g/mol. The van der Waals surface area contributed by atoms with E-state index in [-0.39, 0.29) is 42.1 Å². The number of furan rings is 1. The van der Waals surface area contributed by atoms with Gasteiger partial charge in [0.1, 0.15) is 23.0 Å². The van der Waals surface area contributed by atoms with Gasteiger partial charge in [0.15, 0.2) is 0 Å². The fourth-order valence-corrected chi connectivity index (χ4v) is 3.40. The Balaban J connectivity index is 1.65. The number of aromatic nitrogens is 2. The Morgan fingerprint density at radius 2 is 1.76 bits per heavy atom. The van der Waals surface area contributed by atoms with Crippen LogP contribution in [0.2, 0.25) is 0 Å². The summed E-state index contributed by atoms with van der Waals surface area (Å²) in [5.74, 6) is -1.24. The van der Waals surface area contributed by atoms with E-state index in [2.05, 4.69) is 4.98 Å². The Morgan fingerprint density at radius 3 is 2.38 bits per heavy atom. The van der Waals surface area contributed by atoms with Crippen molar-refractivity contribution < 1.29 is 23.5 Å². The van der Waals surface area contributed by atoms with Crippen LogP contribution in [0.4, 0.5) is 0 Å². The number of rotatable bonds is 5. The van der Waals surface area contributed by atoms with Crippen LogP contribution in [0.5, 0.6) is 0 Å². The van der Waals surface area contributed by atoms with Crippen LogP contribution in [0.25, 0.3) is 11.1 Å². The molecule has 0 bridgehead atoms. The third kappa shape index (κ3) is 2.91. The predicted molar refractivity (Wildman–Crippen MR) is 101 cm³/mol. The zero-order chi connectivity index (χ0) is 20.7. The van der Waals surface area contributed by atoms with Gasteiger partial charge in [-0.3, -0.25) is 23.9 Å². The number of carbonyl (C=O) groups is 3. The van der Waals surface area contributed by atoms with Crippen molar-refractivity contribution in [1.29, 1.82) is 0 Å². The molecule has 0 saturated heterocycles. The lowest BCUT2D eigenvalue weighted by Gasteiger charge is -2.14. The molecule has 0 N–H and O–H groups in total. The molecule has 9 nitrogen and oxygen atoms in total. The molecule has 0 radical (unpaired) electrons. The molecule has 3 aromatic rings. The zero-order valence-corrected chi connectivity index (χ0v) is 15.8. The lowest BCUT2D eigenvalue weighted by molar-refractivity contribution is 0.0525. The quantitative estimate of drug-likeness (QED) is 0.478. The lowest BCUT2D eigenvalue weighted by Crippen LogP contribution is -2.35. The highest BCUT2D eigenvalue weighted by molar-refractivity contribution is 6.21. The number of imide groups is 1. The fourth-order valence-electron chi connectivity index (χ4n) is 3.40. The average Bonchev–Trinajstić information content (AvgIpc) is 3.17. The number of esters is 1.